The minimum atomic E-state index is -0.0278. The molecule has 7 heteroatoms. The Morgan fingerprint density at radius 1 is 1.06 bits per heavy atom. The van der Waals surface area contributed by atoms with Gasteiger partial charge < -0.3 is 10.2 Å². The summed E-state index contributed by atoms with van der Waals surface area (Å²) in [5, 5.41) is 5.17. The molecule has 162 valence electrons. The number of rotatable bonds is 4. The van der Waals surface area contributed by atoms with Gasteiger partial charge in [-0.1, -0.05) is 30.5 Å². The first-order valence-electron chi connectivity index (χ1n) is 11.2. The Kier molecular flexibility index (Phi) is 5.52. The number of anilines is 1. The number of piperidine rings is 1. The van der Waals surface area contributed by atoms with E-state index in [9.17, 15) is 9.59 Å². The number of nitrogens with zero attached hydrogens (tertiary/aromatic N) is 3. The minimum absolute atomic E-state index is 0.0278. The highest BCUT2D eigenvalue weighted by atomic mass is 32.1. The van der Waals surface area contributed by atoms with E-state index in [2.05, 4.69) is 10.2 Å². The summed E-state index contributed by atoms with van der Waals surface area (Å²) in [5.41, 5.74) is 2.70. The van der Waals surface area contributed by atoms with Crippen LogP contribution in [-0.2, 0) is 4.79 Å². The van der Waals surface area contributed by atoms with E-state index in [1.165, 1.54) is 24.2 Å². The van der Waals surface area contributed by atoms with Gasteiger partial charge >= 0.3 is 0 Å². The second-order valence-corrected chi connectivity index (χ2v) is 9.69. The van der Waals surface area contributed by atoms with E-state index >= 15 is 0 Å². The van der Waals surface area contributed by atoms with Gasteiger partial charge in [-0.05, 0) is 56.2 Å². The molecule has 3 aromatic rings. The lowest BCUT2D eigenvalue weighted by Crippen LogP contribution is -2.44. The molecule has 1 saturated heterocycles. The number of hydrogen-bond acceptors (Lipinski definition) is 5. The van der Waals surface area contributed by atoms with Crippen LogP contribution in [0.3, 0.4) is 0 Å². The lowest BCUT2D eigenvalue weighted by molar-refractivity contribution is -0.126. The van der Waals surface area contributed by atoms with Crippen LogP contribution in [0.4, 0.5) is 5.95 Å². The molecule has 31 heavy (non-hydrogen) atoms. The van der Waals surface area contributed by atoms with Gasteiger partial charge in [0.1, 0.15) is 4.70 Å². The average Bonchev–Trinajstić information content (AvgIpc) is 3.47. The van der Waals surface area contributed by atoms with Crippen molar-refractivity contribution in [3.63, 3.8) is 0 Å². The topological polar surface area (TPSA) is 67.2 Å². The number of aryl methyl sites for hydroxylation is 1. The molecule has 1 aromatic carbocycles. The summed E-state index contributed by atoms with van der Waals surface area (Å²) < 4.78 is 2.41. The maximum Gasteiger partial charge on any atom is 0.277 e. The molecule has 1 N–H and O–H groups in total. The van der Waals surface area contributed by atoms with Crippen LogP contribution in [0.1, 0.15) is 44.1 Å². The van der Waals surface area contributed by atoms with Gasteiger partial charge in [0.05, 0.1) is 11.2 Å². The molecule has 1 aliphatic carbocycles. The van der Waals surface area contributed by atoms with E-state index in [4.69, 9.17) is 4.98 Å². The number of thiophene rings is 1. The summed E-state index contributed by atoms with van der Waals surface area (Å²) in [6, 6.07) is 10.3. The monoisotopic (exact) mass is 436 g/mol. The van der Waals surface area contributed by atoms with Crippen molar-refractivity contribution in [2.45, 2.75) is 51.5 Å². The summed E-state index contributed by atoms with van der Waals surface area (Å²) >= 11 is 1.43. The van der Waals surface area contributed by atoms with Crippen LogP contribution < -0.4 is 15.8 Å². The minimum Gasteiger partial charge on any atom is -0.353 e. The maximum absolute atomic E-state index is 13.3. The highest BCUT2D eigenvalue weighted by Gasteiger charge is 2.29. The first-order chi connectivity index (χ1) is 15.1. The standard InChI is InChI=1S/C24H28N4O2S/c1-16-6-8-19(9-7-16)28-23(30)21-20(12-15-31-21)26-24(28)27-13-10-17(11-14-27)22(29)25-18-4-2-3-5-18/h6-9,12,15,17-18H,2-5,10-11,13-14H2,1H3,(H,25,29). The Morgan fingerprint density at radius 3 is 2.48 bits per heavy atom. The second-order valence-electron chi connectivity index (χ2n) is 8.77. The van der Waals surface area contributed by atoms with E-state index in [1.807, 2.05) is 42.6 Å². The van der Waals surface area contributed by atoms with Gasteiger partial charge in [0.25, 0.3) is 5.56 Å². The molecule has 5 rings (SSSR count). The lowest BCUT2D eigenvalue weighted by atomic mass is 9.95. The number of benzene rings is 1. The zero-order valence-corrected chi connectivity index (χ0v) is 18.7. The van der Waals surface area contributed by atoms with Gasteiger partial charge in [0.15, 0.2) is 0 Å². The summed E-state index contributed by atoms with van der Waals surface area (Å²) in [6.45, 7) is 3.48. The Bertz CT molecular complexity index is 1140. The van der Waals surface area contributed by atoms with Crippen molar-refractivity contribution in [3.05, 3.63) is 51.6 Å². The largest absolute Gasteiger partial charge is 0.353 e. The number of fused-ring (bicyclic) bond motifs is 1. The molecule has 2 fully saturated rings. The van der Waals surface area contributed by atoms with Crippen molar-refractivity contribution >= 4 is 33.4 Å². The van der Waals surface area contributed by atoms with Crippen molar-refractivity contribution in [3.8, 4) is 5.69 Å². The van der Waals surface area contributed by atoms with E-state index < -0.39 is 0 Å². The van der Waals surface area contributed by atoms with Gasteiger partial charge in [0.2, 0.25) is 11.9 Å². The SMILES string of the molecule is Cc1ccc(-n2c(N3CCC(C(=O)NC4CCCC4)CC3)nc3ccsc3c2=O)cc1. The van der Waals surface area contributed by atoms with Crippen molar-refractivity contribution in [1.82, 2.24) is 14.9 Å². The van der Waals surface area contributed by atoms with E-state index in [1.54, 1.807) is 4.57 Å². The Balaban J connectivity index is 1.41. The van der Waals surface area contributed by atoms with Gasteiger partial charge in [-0.15, -0.1) is 11.3 Å². The van der Waals surface area contributed by atoms with Gasteiger partial charge in [-0.25, -0.2) is 9.55 Å². The van der Waals surface area contributed by atoms with Crippen LogP contribution in [0.5, 0.6) is 0 Å². The molecule has 0 unspecified atom stereocenters. The Labute approximate surface area is 185 Å². The molecule has 0 spiro atoms. The molecule has 2 aliphatic rings. The van der Waals surface area contributed by atoms with Gasteiger partial charge in [-0.3, -0.25) is 9.59 Å². The number of aromatic nitrogens is 2. The Morgan fingerprint density at radius 2 is 1.77 bits per heavy atom. The van der Waals surface area contributed by atoms with Crippen LogP contribution >= 0.6 is 11.3 Å². The van der Waals surface area contributed by atoms with Crippen molar-refractivity contribution in [2.75, 3.05) is 18.0 Å². The van der Waals surface area contributed by atoms with Crippen molar-refractivity contribution in [2.24, 2.45) is 5.92 Å². The molecule has 3 heterocycles. The van der Waals surface area contributed by atoms with E-state index in [0.717, 1.165) is 55.5 Å². The second kappa shape index (κ2) is 8.46. The highest BCUT2D eigenvalue weighted by Crippen LogP contribution is 2.27. The van der Waals surface area contributed by atoms with Crippen LogP contribution in [-0.4, -0.2) is 34.6 Å². The Hall–Kier alpha value is -2.67. The third-order valence-electron chi connectivity index (χ3n) is 6.60. The lowest BCUT2D eigenvalue weighted by Gasteiger charge is -2.33. The van der Waals surface area contributed by atoms with Crippen LogP contribution in [0.2, 0.25) is 0 Å². The molecule has 2 aromatic heterocycles. The summed E-state index contributed by atoms with van der Waals surface area (Å²) in [5.74, 6) is 0.916. The molecule has 0 atom stereocenters. The third-order valence-corrected chi connectivity index (χ3v) is 7.50. The molecule has 1 amide bonds. The molecule has 6 nitrogen and oxygen atoms in total. The summed E-state index contributed by atoms with van der Waals surface area (Å²) in [4.78, 5) is 33.1. The normalized spacial score (nSPS) is 18.0. The molecular weight excluding hydrogens is 408 g/mol. The zero-order chi connectivity index (χ0) is 21.4. The number of carbonyl (C=O) groups excluding carboxylic acids is 1. The average molecular weight is 437 g/mol. The van der Waals surface area contributed by atoms with Crippen molar-refractivity contribution < 1.29 is 4.79 Å². The number of carbonyl (C=O) groups is 1. The van der Waals surface area contributed by atoms with Crippen molar-refractivity contribution in [1.29, 1.82) is 0 Å². The predicted molar refractivity (Wildman–Crippen MR) is 125 cm³/mol. The smallest absolute Gasteiger partial charge is 0.277 e. The van der Waals surface area contributed by atoms with Crippen LogP contribution in [0.15, 0.2) is 40.5 Å². The summed E-state index contributed by atoms with van der Waals surface area (Å²) in [6.07, 6.45) is 6.22. The first-order valence-corrected chi connectivity index (χ1v) is 12.1. The molecule has 0 bridgehead atoms. The number of amides is 1. The zero-order valence-electron chi connectivity index (χ0n) is 17.8. The van der Waals surface area contributed by atoms with Gasteiger partial charge in [-0.2, -0.15) is 0 Å². The highest BCUT2D eigenvalue weighted by molar-refractivity contribution is 7.17. The van der Waals surface area contributed by atoms with E-state index in [0.29, 0.717) is 16.7 Å². The molecule has 0 radical (unpaired) electrons. The van der Waals surface area contributed by atoms with Gasteiger partial charge in [0, 0.05) is 25.0 Å². The molecule has 1 aliphatic heterocycles. The molecular formula is C24H28N4O2S. The quantitative estimate of drug-likeness (QED) is 0.671. The fourth-order valence-electron chi connectivity index (χ4n) is 4.77. The fraction of sp³-hybridized carbons (Fsp3) is 0.458. The fourth-order valence-corrected chi connectivity index (χ4v) is 5.53. The van der Waals surface area contributed by atoms with Crippen LogP contribution in [0.25, 0.3) is 15.9 Å². The third kappa shape index (κ3) is 3.99. The maximum atomic E-state index is 13.3. The number of hydrogen-bond donors (Lipinski definition) is 1. The number of nitrogens with one attached hydrogen (secondary N) is 1. The molecule has 1 saturated carbocycles. The predicted octanol–water partition coefficient (Wildman–Crippen LogP) is 4.03. The van der Waals surface area contributed by atoms with E-state index in [-0.39, 0.29) is 17.4 Å². The first kappa shape index (κ1) is 20.2. The summed E-state index contributed by atoms with van der Waals surface area (Å²) in [7, 11) is 0. The van der Waals surface area contributed by atoms with Crippen LogP contribution in [0, 0.1) is 12.8 Å².